The summed E-state index contributed by atoms with van der Waals surface area (Å²) in [6.45, 7) is 3.44. The zero-order chi connectivity index (χ0) is 19.0. The molecule has 1 fully saturated rings. The summed E-state index contributed by atoms with van der Waals surface area (Å²) in [5, 5.41) is 14.3. The van der Waals surface area contributed by atoms with Crippen molar-refractivity contribution in [2.45, 2.75) is 32.1 Å². The van der Waals surface area contributed by atoms with Crippen LogP contribution in [0.15, 0.2) is 18.3 Å². The Morgan fingerprint density at radius 1 is 1.26 bits per heavy atom. The van der Waals surface area contributed by atoms with E-state index in [0.717, 1.165) is 53.1 Å². The van der Waals surface area contributed by atoms with Gasteiger partial charge in [0, 0.05) is 44.2 Å². The highest BCUT2D eigenvalue weighted by atomic mass is 32.1. The zero-order valence-corrected chi connectivity index (χ0v) is 16.6. The number of thiazole rings is 1. The zero-order valence-electron chi connectivity index (χ0n) is 15.8. The van der Waals surface area contributed by atoms with Crippen molar-refractivity contribution in [2.75, 3.05) is 32.1 Å². The molecule has 4 heterocycles. The van der Waals surface area contributed by atoms with E-state index in [-0.39, 0.29) is 11.8 Å². The van der Waals surface area contributed by atoms with Crippen LogP contribution in [0.5, 0.6) is 0 Å². The van der Waals surface area contributed by atoms with E-state index in [0.29, 0.717) is 6.42 Å². The van der Waals surface area contributed by atoms with Crippen LogP contribution >= 0.6 is 11.3 Å². The molecule has 0 atom stereocenters. The molecule has 0 saturated carbocycles. The van der Waals surface area contributed by atoms with Gasteiger partial charge in [0.15, 0.2) is 11.5 Å². The van der Waals surface area contributed by atoms with Gasteiger partial charge in [-0.3, -0.25) is 4.79 Å². The molecule has 0 aromatic carbocycles. The molecule has 9 heteroatoms. The number of carbonyl (C=O) groups excluding carboxylic acids is 1. The van der Waals surface area contributed by atoms with Gasteiger partial charge in [0.2, 0.25) is 5.91 Å². The Morgan fingerprint density at radius 2 is 2.04 bits per heavy atom. The van der Waals surface area contributed by atoms with Crippen LogP contribution in [-0.2, 0) is 11.2 Å². The molecule has 1 amide bonds. The molecular weight excluding hydrogens is 362 g/mol. The van der Waals surface area contributed by atoms with E-state index in [2.05, 4.69) is 20.3 Å². The second-order valence-corrected chi connectivity index (χ2v) is 8.41. The molecule has 1 aliphatic rings. The van der Waals surface area contributed by atoms with Crippen molar-refractivity contribution in [3.63, 3.8) is 0 Å². The van der Waals surface area contributed by atoms with Gasteiger partial charge in [0.05, 0.1) is 11.4 Å². The molecule has 8 nitrogen and oxygen atoms in total. The lowest BCUT2D eigenvalue weighted by Crippen LogP contribution is -2.39. The molecule has 3 aromatic rings. The summed E-state index contributed by atoms with van der Waals surface area (Å²) in [6.07, 6.45) is 4.00. The number of carbonyl (C=O) groups is 1. The first-order valence-electron chi connectivity index (χ1n) is 9.10. The fourth-order valence-corrected chi connectivity index (χ4v) is 4.21. The average molecular weight is 385 g/mol. The van der Waals surface area contributed by atoms with E-state index >= 15 is 0 Å². The number of amides is 1. The molecule has 0 aliphatic carbocycles. The number of fused-ring (bicyclic) bond motifs is 1. The minimum absolute atomic E-state index is 0.177. The van der Waals surface area contributed by atoms with Gasteiger partial charge in [-0.05, 0) is 31.9 Å². The molecule has 4 rings (SSSR count). The van der Waals surface area contributed by atoms with Crippen LogP contribution < -0.4 is 4.90 Å². The second kappa shape index (κ2) is 7.22. The summed E-state index contributed by atoms with van der Waals surface area (Å²) >= 11 is 1.59. The fourth-order valence-electron chi connectivity index (χ4n) is 3.42. The standard InChI is InChI=1S/C18H23N7OS/c1-12-19-11-14(27-12)10-17(26)24-8-6-13(7-9-24)18-21-20-15-4-5-16(23(2)3)22-25(15)18/h4-5,11,13H,6-10H2,1-3H3. The van der Waals surface area contributed by atoms with E-state index in [1.165, 1.54) is 0 Å². The number of piperidine rings is 1. The Balaban J connectivity index is 1.44. The number of likely N-dealkylation sites (tertiary alicyclic amines) is 1. The Kier molecular flexibility index (Phi) is 4.77. The lowest BCUT2D eigenvalue weighted by molar-refractivity contribution is -0.131. The van der Waals surface area contributed by atoms with Crippen molar-refractivity contribution in [2.24, 2.45) is 0 Å². The first kappa shape index (κ1) is 17.8. The molecule has 3 aromatic heterocycles. The number of hydrogen-bond acceptors (Lipinski definition) is 7. The summed E-state index contributed by atoms with van der Waals surface area (Å²) in [5.41, 5.74) is 0.759. The van der Waals surface area contributed by atoms with Gasteiger partial charge in [0.1, 0.15) is 5.82 Å². The van der Waals surface area contributed by atoms with E-state index in [1.807, 2.05) is 47.5 Å². The summed E-state index contributed by atoms with van der Waals surface area (Å²) in [5.74, 6) is 2.20. The first-order chi connectivity index (χ1) is 13.0. The van der Waals surface area contributed by atoms with Crippen LogP contribution in [0.3, 0.4) is 0 Å². The molecule has 0 radical (unpaired) electrons. The second-order valence-electron chi connectivity index (χ2n) is 7.09. The molecule has 1 aliphatic heterocycles. The minimum Gasteiger partial charge on any atom is -0.361 e. The summed E-state index contributed by atoms with van der Waals surface area (Å²) in [4.78, 5) is 21.7. The van der Waals surface area contributed by atoms with Gasteiger partial charge in [0.25, 0.3) is 0 Å². The third-order valence-electron chi connectivity index (χ3n) is 4.94. The van der Waals surface area contributed by atoms with Gasteiger partial charge in [-0.15, -0.1) is 26.6 Å². The lowest BCUT2D eigenvalue weighted by atomic mass is 9.96. The monoisotopic (exact) mass is 385 g/mol. The third kappa shape index (κ3) is 3.64. The SMILES string of the molecule is Cc1ncc(CC(=O)N2CCC(c3nnc4ccc(N(C)C)nn34)CC2)s1. The topological polar surface area (TPSA) is 79.5 Å². The maximum Gasteiger partial charge on any atom is 0.227 e. The number of hydrogen-bond donors (Lipinski definition) is 0. The first-order valence-corrected chi connectivity index (χ1v) is 9.91. The Labute approximate surface area is 161 Å². The van der Waals surface area contributed by atoms with Gasteiger partial charge in [-0.25, -0.2) is 4.98 Å². The van der Waals surface area contributed by atoms with Crippen LogP contribution in [0.2, 0.25) is 0 Å². The minimum atomic E-state index is 0.177. The number of anilines is 1. The number of aromatic nitrogens is 5. The molecule has 0 N–H and O–H groups in total. The van der Waals surface area contributed by atoms with Crippen molar-refractivity contribution in [1.29, 1.82) is 0 Å². The van der Waals surface area contributed by atoms with Gasteiger partial charge >= 0.3 is 0 Å². The summed E-state index contributed by atoms with van der Waals surface area (Å²) < 4.78 is 1.84. The number of nitrogens with zero attached hydrogens (tertiary/aromatic N) is 7. The molecule has 0 spiro atoms. The molecular formula is C18H23N7OS. The van der Waals surface area contributed by atoms with Crippen molar-refractivity contribution in [3.05, 3.63) is 34.0 Å². The highest BCUT2D eigenvalue weighted by Crippen LogP contribution is 2.27. The van der Waals surface area contributed by atoms with Crippen LogP contribution in [0, 0.1) is 6.92 Å². The van der Waals surface area contributed by atoms with E-state index in [4.69, 9.17) is 0 Å². The number of rotatable bonds is 4. The molecule has 0 bridgehead atoms. The quantitative estimate of drug-likeness (QED) is 0.682. The Morgan fingerprint density at radius 3 is 2.70 bits per heavy atom. The third-order valence-corrected chi connectivity index (χ3v) is 5.85. The lowest BCUT2D eigenvalue weighted by Gasteiger charge is -2.31. The fraction of sp³-hybridized carbons (Fsp3) is 0.500. The van der Waals surface area contributed by atoms with Gasteiger partial charge < -0.3 is 9.80 Å². The van der Waals surface area contributed by atoms with Crippen LogP contribution in [0.1, 0.15) is 34.5 Å². The van der Waals surface area contributed by atoms with Gasteiger partial charge in [-0.2, -0.15) is 4.52 Å². The largest absolute Gasteiger partial charge is 0.361 e. The van der Waals surface area contributed by atoms with E-state index in [1.54, 1.807) is 17.5 Å². The highest BCUT2D eigenvalue weighted by molar-refractivity contribution is 7.11. The smallest absolute Gasteiger partial charge is 0.227 e. The average Bonchev–Trinajstić information content (AvgIpc) is 3.27. The molecule has 142 valence electrons. The van der Waals surface area contributed by atoms with Crippen LogP contribution in [0.25, 0.3) is 5.65 Å². The van der Waals surface area contributed by atoms with Crippen molar-refractivity contribution >= 4 is 28.7 Å². The van der Waals surface area contributed by atoms with Gasteiger partial charge in [-0.1, -0.05) is 0 Å². The number of aryl methyl sites for hydroxylation is 1. The predicted molar refractivity (Wildman–Crippen MR) is 104 cm³/mol. The van der Waals surface area contributed by atoms with Crippen LogP contribution in [-0.4, -0.2) is 62.8 Å². The predicted octanol–water partition coefficient (Wildman–Crippen LogP) is 1.90. The van der Waals surface area contributed by atoms with E-state index in [9.17, 15) is 4.79 Å². The molecule has 0 unspecified atom stereocenters. The maximum absolute atomic E-state index is 12.6. The summed E-state index contributed by atoms with van der Waals surface area (Å²) in [7, 11) is 3.93. The molecule has 27 heavy (non-hydrogen) atoms. The van der Waals surface area contributed by atoms with Crippen molar-refractivity contribution in [3.8, 4) is 0 Å². The Bertz CT molecular complexity index is 956. The Hall–Kier alpha value is -2.55. The maximum atomic E-state index is 12.6. The van der Waals surface area contributed by atoms with Crippen molar-refractivity contribution in [1.82, 2.24) is 29.7 Å². The highest BCUT2D eigenvalue weighted by Gasteiger charge is 2.27. The van der Waals surface area contributed by atoms with E-state index < -0.39 is 0 Å². The van der Waals surface area contributed by atoms with Crippen LogP contribution in [0.4, 0.5) is 5.82 Å². The molecule has 1 saturated heterocycles. The van der Waals surface area contributed by atoms with Crippen molar-refractivity contribution < 1.29 is 4.79 Å². The summed E-state index contributed by atoms with van der Waals surface area (Å²) in [6, 6.07) is 3.88. The normalized spacial score (nSPS) is 15.4.